The van der Waals surface area contributed by atoms with Crippen LogP contribution in [0.2, 0.25) is 5.02 Å². The van der Waals surface area contributed by atoms with E-state index in [-0.39, 0.29) is 30.4 Å². The van der Waals surface area contributed by atoms with E-state index >= 15 is 4.39 Å². The highest BCUT2D eigenvalue weighted by atomic mass is 35.5. The normalized spacial score (nSPS) is 14.6. The van der Waals surface area contributed by atoms with Gasteiger partial charge in [0.05, 0.1) is 21.8 Å². The first kappa shape index (κ1) is 27.5. The number of rotatable bonds is 6. The monoisotopic (exact) mass is 555 g/mol. The van der Waals surface area contributed by atoms with Crippen LogP contribution in [-0.4, -0.2) is 33.9 Å². The van der Waals surface area contributed by atoms with Gasteiger partial charge < -0.3 is 15.2 Å². The lowest BCUT2D eigenvalue weighted by atomic mass is 9.95. The number of carbonyl (C=O) groups is 1. The number of alkyl halides is 3. The Morgan fingerprint density at radius 3 is 2.47 bits per heavy atom. The Morgan fingerprint density at radius 1 is 1.16 bits per heavy atom. The smallest absolute Gasteiger partial charge is 0.357 e. The molecular formula is C25H23ClF5N5O2. The summed E-state index contributed by atoms with van der Waals surface area (Å²) in [7, 11) is 0. The van der Waals surface area contributed by atoms with E-state index in [1.54, 1.807) is 12.1 Å². The van der Waals surface area contributed by atoms with Crippen molar-refractivity contribution >= 4 is 23.3 Å². The number of nitrogens with zero attached hydrogens (tertiary/aromatic N) is 3. The zero-order valence-corrected chi connectivity index (χ0v) is 20.9. The van der Waals surface area contributed by atoms with Gasteiger partial charge >= 0.3 is 6.18 Å². The largest absolute Gasteiger partial charge is 0.417 e. The molecule has 1 aliphatic rings. The first-order valence-electron chi connectivity index (χ1n) is 11.8. The Kier molecular flexibility index (Phi) is 8.00. The van der Waals surface area contributed by atoms with Crippen molar-refractivity contribution in [3.8, 4) is 11.4 Å². The lowest BCUT2D eigenvalue weighted by Crippen LogP contribution is -2.40. The van der Waals surface area contributed by atoms with E-state index in [0.29, 0.717) is 37.0 Å². The second kappa shape index (κ2) is 11.1. The van der Waals surface area contributed by atoms with Gasteiger partial charge in [-0.2, -0.15) is 17.6 Å². The Bertz CT molecular complexity index is 1390. The van der Waals surface area contributed by atoms with E-state index in [9.17, 15) is 27.2 Å². The summed E-state index contributed by atoms with van der Waals surface area (Å²) in [5.74, 6) is -3.32. The van der Waals surface area contributed by atoms with Crippen molar-refractivity contribution in [2.45, 2.75) is 38.9 Å². The summed E-state index contributed by atoms with van der Waals surface area (Å²) < 4.78 is 70.5. The van der Waals surface area contributed by atoms with Crippen LogP contribution in [0.1, 0.15) is 36.6 Å². The number of piperidine rings is 1. The van der Waals surface area contributed by atoms with Crippen LogP contribution in [-0.2, 0) is 23.9 Å². The number of hydrogen-bond acceptors (Lipinski definition) is 5. The molecule has 1 fully saturated rings. The summed E-state index contributed by atoms with van der Waals surface area (Å²) in [6.07, 6.45) is -2.55. The van der Waals surface area contributed by atoms with Gasteiger partial charge in [-0.25, -0.2) is 14.4 Å². The third kappa shape index (κ3) is 5.79. The minimum absolute atomic E-state index is 0.0889. The molecule has 1 amide bonds. The number of halogens is 6. The van der Waals surface area contributed by atoms with Gasteiger partial charge in [-0.1, -0.05) is 24.6 Å². The molecule has 0 aliphatic carbocycles. The molecule has 0 saturated carbocycles. The van der Waals surface area contributed by atoms with E-state index in [1.807, 2.05) is 9.88 Å². The second-order valence-corrected chi connectivity index (χ2v) is 9.24. The fourth-order valence-corrected chi connectivity index (χ4v) is 4.45. The molecule has 38 heavy (non-hydrogen) atoms. The van der Waals surface area contributed by atoms with E-state index in [4.69, 9.17) is 11.6 Å². The molecule has 0 unspecified atom stereocenters. The maximum Gasteiger partial charge on any atom is 0.417 e. The number of pyridine rings is 1. The lowest BCUT2D eigenvalue weighted by molar-refractivity contribution is -0.137. The molecule has 3 aromatic rings. The number of benzene rings is 1. The molecule has 13 heteroatoms. The highest BCUT2D eigenvalue weighted by molar-refractivity contribution is 6.30. The van der Waals surface area contributed by atoms with Crippen molar-refractivity contribution in [1.29, 1.82) is 0 Å². The Morgan fingerprint density at radius 2 is 1.87 bits per heavy atom. The number of hydrogen-bond donors (Lipinski definition) is 2. The fraction of sp³-hybridized carbons (Fsp3) is 0.360. The first-order valence-corrected chi connectivity index (χ1v) is 12.2. The van der Waals surface area contributed by atoms with Crippen molar-refractivity contribution in [3.05, 3.63) is 74.3 Å². The highest BCUT2D eigenvalue weighted by Crippen LogP contribution is 2.38. The van der Waals surface area contributed by atoms with Gasteiger partial charge in [0.1, 0.15) is 17.5 Å². The van der Waals surface area contributed by atoms with Crippen LogP contribution in [0.15, 0.2) is 35.3 Å². The van der Waals surface area contributed by atoms with E-state index in [2.05, 4.69) is 15.3 Å². The Balaban J connectivity index is 1.52. The molecule has 2 aromatic heterocycles. The summed E-state index contributed by atoms with van der Waals surface area (Å²) in [6.45, 7) is 2.17. The van der Waals surface area contributed by atoms with Crippen molar-refractivity contribution < 1.29 is 26.7 Å². The van der Waals surface area contributed by atoms with Crippen LogP contribution in [0.5, 0.6) is 0 Å². The zero-order valence-electron chi connectivity index (χ0n) is 20.1. The summed E-state index contributed by atoms with van der Waals surface area (Å²) in [5, 5.41) is 3.10. The molecule has 0 radical (unpaired) electrons. The summed E-state index contributed by atoms with van der Waals surface area (Å²) in [4.78, 5) is 36.6. The molecular weight excluding hydrogens is 533 g/mol. The molecule has 4 rings (SSSR count). The molecule has 1 saturated heterocycles. The zero-order chi connectivity index (χ0) is 27.6. The molecule has 3 heterocycles. The molecule has 1 aliphatic heterocycles. The van der Waals surface area contributed by atoms with Gasteiger partial charge in [0.2, 0.25) is 11.7 Å². The van der Waals surface area contributed by atoms with E-state index in [0.717, 1.165) is 11.9 Å². The Hall–Kier alpha value is -3.54. The number of aromatic amines is 1. The predicted molar refractivity (Wildman–Crippen MR) is 131 cm³/mol. The highest BCUT2D eigenvalue weighted by Gasteiger charge is 2.37. The van der Waals surface area contributed by atoms with Crippen LogP contribution in [0.4, 0.5) is 27.8 Å². The van der Waals surface area contributed by atoms with Gasteiger partial charge in [-0.15, -0.1) is 0 Å². The standard InChI is InChI=1S/C25H23ClF5N5O2/c1-2-17-21(28)24(38)35-22(34-17)19-16(25(29,30)31)5-3-14(20(19)27)11-33-23(37)13-7-9-36(10-8-13)18-6-4-15(26)12-32-18/h3-6,12-13H,2,7-11H2,1H3,(H,33,37)(H,34,35,38). The fourth-order valence-electron chi connectivity index (χ4n) is 4.33. The van der Waals surface area contributed by atoms with Crippen molar-refractivity contribution in [2.24, 2.45) is 5.92 Å². The SMILES string of the molecule is CCc1nc(-c2c(C(F)(F)F)ccc(CNC(=O)C3CCN(c4ccc(Cl)cn4)CC3)c2F)[nH]c(=O)c1F. The van der Waals surface area contributed by atoms with Crippen LogP contribution in [0.25, 0.3) is 11.4 Å². The number of aryl methyl sites for hydroxylation is 1. The summed E-state index contributed by atoms with van der Waals surface area (Å²) in [6, 6.07) is 5.06. The third-order valence-electron chi connectivity index (χ3n) is 6.39. The topological polar surface area (TPSA) is 91.0 Å². The molecule has 0 spiro atoms. The summed E-state index contributed by atoms with van der Waals surface area (Å²) in [5.41, 5.74) is -4.34. The second-order valence-electron chi connectivity index (χ2n) is 8.80. The quantitative estimate of drug-likeness (QED) is 0.423. The van der Waals surface area contributed by atoms with Gasteiger partial charge in [0.25, 0.3) is 5.56 Å². The van der Waals surface area contributed by atoms with Crippen LogP contribution < -0.4 is 15.8 Å². The lowest BCUT2D eigenvalue weighted by Gasteiger charge is -2.32. The maximum atomic E-state index is 15.4. The van der Waals surface area contributed by atoms with Crippen molar-refractivity contribution in [2.75, 3.05) is 18.0 Å². The minimum Gasteiger partial charge on any atom is -0.357 e. The summed E-state index contributed by atoms with van der Waals surface area (Å²) >= 11 is 5.86. The maximum absolute atomic E-state index is 15.4. The average Bonchev–Trinajstić information content (AvgIpc) is 2.89. The predicted octanol–water partition coefficient (Wildman–Crippen LogP) is 4.88. The molecule has 2 N–H and O–H groups in total. The van der Waals surface area contributed by atoms with Gasteiger partial charge in [0, 0.05) is 37.3 Å². The van der Waals surface area contributed by atoms with Crippen LogP contribution >= 0.6 is 11.6 Å². The number of carbonyl (C=O) groups excluding carboxylic acids is 1. The molecule has 202 valence electrons. The molecule has 0 atom stereocenters. The van der Waals surface area contributed by atoms with Gasteiger partial charge in [0.15, 0.2) is 0 Å². The number of amides is 1. The minimum atomic E-state index is -4.98. The van der Waals surface area contributed by atoms with Crippen molar-refractivity contribution in [3.63, 3.8) is 0 Å². The van der Waals surface area contributed by atoms with Crippen LogP contribution in [0, 0.1) is 17.6 Å². The van der Waals surface area contributed by atoms with E-state index in [1.165, 1.54) is 13.1 Å². The molecule has 7 nitrogen and oxygen atoms in total. The first-order chi connectivity index (χ1) is 18.0. The number of aromatic nitrogens is 3. The number of anilines is 1. The number of nitrogens with one attached hydrogen (secondary N) is 2. The number of H-pyrrole nitrogens is 1. The van der Waals surface area contributed by atoms with Gasteiger partial charge in [-0.3, -0.25) is 9.59 Å². The Labute approximate surface area is 219 Å². The molecule has 1 aromatic carbocycles. The van der Waals surface area contributed by atoms with Crippen LogP contribution in [0.3, 0.4) is 0 Å². The van der Waals surface area contributed by atoms with Gasteiger partial charge in [-0.05, 0) is 37.5 Å². The average molecular weight is 556 g/mol. The van der Waals surface area contributed by atoms with E-state index < -0.39 is 46.0 Å². The van der Waals surface area contributed by atoms with Crippen molar-refractivity contribution in [1.82, 2.24) is 20.3 Å². The molecule has 0 bridgehead atoms. The third-order valence-corrected chi connectivity index (χ3v) is 6.61.